The maximum Gasteiger partial charge on any atom is 0.256 e. The molecule has 2 fully saturated rings. The van der Waals surface area contributed by atoms with Crippen LogP contribution in [-0.4, -0.2) is 84.3 Å². The number of aliphatic hydroxyl groups excluding tert-OH is 1. The molecule has 8 heteroatoms. The zero-order valence-electron chi connectivity index (χ0n) is 22.3. The lowest BCUT2D eigenvalue weighted by molar-refractivity contribution is -0.0565. The van der Waals surface area contributed by atoms with E-state index in [1.165, 1.54) is 0 Å². The van der Waals surface area contributed by atoms with E-state index in [-0.39, 0.29) is 30.4 Å². The van der Waals surface area contributed by atoms with Gasteiger partial charge >= 0.3 is 0 Å². The molecule has 5 rings (SSSR count). The van der Waals surface area contributed by atoms with Crippen molar-refractivity contribution in [2.45, 2.75) is 63.8 Å². The minimum absolute atomic E-state index is 0.0311. The number of amides is 2. The van der Waals surface area contributed by atoms with Gasteiger partial charge in [0.1, 0.15) is 0 Å². The molecule has 2 bridgehead atoms. The second-order valence-electron chi connectivity index (χ2n) is 10.7. The number of carbonyl (C=O) groups excluding carboxylic acids is 2. The lowest BCUT2D eigenvalue weighted by atomic mass is 9.93. The van der Waals surface area contributed by atoms with Gasteiger partial charge < -0.3 is 30.3 Å². The van der Waals surface area contributed by atoms with Crippen LogP contribution in [0.4, 0.5) is 5.69 Å². The standard InChI is InChI=1S/C30H40N4O4/c1-2-32-14-15-33(18-26(35)12-10-21-6-3-4-7-23(21)17-31)30(37)27-13-11-22(16-28(27)32)29(36)34-24-8-5-9-25(34)20-38-19-24/h3-4,6-7,11,13,16,24-26,35H,2,5,8-10,12,14-15,17-20,31H2,1H3. The van der Waals surface area contributed by atoms with Crippen molar-refractivity contribution in [3.63, 3.8) is 0 Å². The maximum absolute atomic E-state index is 13.6. The average Bonchev–Trinajstić information content (AvgIpc) is 3.06. The zero-order valence-corrected chi connectivity index (χ0v) is 22.3. The Balaban J connectivity index is 1.31. The first-order valence-electron chi connectivity index (χ1n) is 14.0. The molecule has 3 aliphatic heterocycles. The van der Waals surface area contributed by atoms with Crippen LogP contribution in [0.2, 0.25) is 0 Å². The van der Waals surface area contributed by atoms with E-state index in [1.54, 1.807) is 17.0 Å². The van der Waals surface area contributed by atoms with E-state index in [2.05, 4.69) is 11.8 Å². The first-order chi connectivity index (χ1) is 18.5. The Morgan fingerprint density at radius 2 is 1.79 bits per heavy atom. The molecule has 3 heterocycles. The Morgan fingerprint density at radius 3 is 2.50 bits per heavy atom. The van der Waals surface area contributed by atoms with Crippen molar-refractivity contribution >= 4 is 17.5 Å². The number of carbonyl (C=O) groups is 2. The highest BCUT2D eigenvalue weighted by atomic mass is 16.5. The molecule has 3 unspecified atom stereocenters. The maximum atomic E-state index is 13.6. The number of aliphatic hydroxyl groups is 1. The summed E-state index contributed by atoms with van der Waals surface area (Å²) in [5, 5.41) is 10.8. The van der Waals surface area contributed by atoms with Gasteiger partial charge in [0.05, 0.1) is 42.7 Å². The van der Waals surface area contributed by atoms with Crippen LogP contribution in [0.1, 0.15) is 64.4 Å². The fourth-order valence-corrected chi connectivity index (χ4v) is 6.23. The fourth-order valence-electron chi connectivity index (χ4n) is 6.23. The number of hydrogen-bond acceptors (Lipinski definition) is 6. The van der Waals surface area contributed by atoms with Crippen molar-refractivity contribution in [3.8, 4) is 0 Å². The average molecular weight is 521 g/mol. The SMILES string of the molecule is CCN1CCN(CC(O)CCc2ccccc2CN)C(=O)c2ccc(C(=O)N3C4CCCC3COC4)cc21. The van der Waals surface area contributed by atoms with E-state index in [9.17, 15) is 14.7 Å². The van der Waals surface area contributed by atoms with Gasteiger partial charge in [-0.25, -0.2) is 0 Å². The summed E-state index contributed by atoms with van der Waals surface area (Å²) in [7, 11) is 0. The Hall–Kier alpha value is -2.94. The van der Waals surface area contributed by atoms with E-state index in [0.29, 0.717) is 56.8 Å². The van der Waals surface area contributed by atoms with Crippen molar-refractivity contribution in [2.75, 3.05) is 44.3 Å². The lowest BCUT2D eigenvalue weighted by Gasteiger charge is -2.45. The summed E-state index contributed by atoms with van der Waals surface area (Å²) in [6.07, 6.45) is 3.71. The van der Waals surface area contributed by atoms with Crippen molar-refractivity contribution in [3.05, 3.63) is 64.7 Å². The molecule has 0 aromatic heterocycles. The Morgan fingerprint density at radius 1 is 1.08 bits per heavy atom. The lowest BCUT2D eigenvalue weighted by Crippen LogP contribution is -2.57. The van der Waals surface area contributed by atoms with Gasteiger partial charge in [-0.1, -0.05) is 24.3 Å². The molecule has 0 radical (unpaired) electrons. The van der Waals surface area contributed by atoms with Crippen LogP contribution in [0.3, 0.4) is 0 Å². The Kier molecular flexibility index (Phi) is 8.31. The minimum Gasteiger partial charge on any atom is -0.391 e. The van der Waals surface area contributed by atoms with Crippen LogP contribution in [0.25, 0.3) is 0 Å². The first-order valence-corrected chi connectivity index (χ1v) is 14.0. The van der Waals surface area contributed by atoms with E-state index in [4.69, 9.17) is 10.5 Å². The van der Waals surface area contributed by atoms with E-state index in [1.807, 2.05) is 35.2 Å². The van der Waals surface area contributed by atoms with Gasteiger partial charge in [0, 0.05) is 38.3 Å². The van der Waals surface area contributed by atoms with E-state index < -0.39 is 6.10 Å². The molecule has 8 nitrogen and oxygen atoms in total. The van der Waals surface area contributed by atoms with Gasteiger partial charge in [-0.3, -0.25) is 9.59 Å². The molecule has 38 heavy (non-hydrogen) atoms. The fraction of sp³-hybridized carbons (Fsp3) is 0.533. The second kappa shape index (κ2) is 11.8. The number of fused-ring (bicyclic) bond motifs is 3. The minimum atomic E-state index is -0.636. The molecule has 0 spiro atoms. The van der Waals surface area contributed by atoms with Crippen LogP contribution in [0.5, 0.6) is 0 Å². The third kappa shape index (κ3) is 5.44. The highest BCUT2D eigenvalue weighted by Crippen LogP contribution is 2.32. The van der Waals surface area contributed by atoms with E-state index >= 15 is 0 Å². The molecule has 3 aliphatic rings. The molecule has 204 valence electrons. The highest BCUT2D eigenvalue weighted by molar-refractivity contribution is 6.03. The van der Waals surface area contributed by atoms with Gasteiger partial charge in [-0.05, 0) is 68.4 Å². The summed E-state index contributed by atoms with van der Waals surface area (Å²) < 4.78 is 5.73. The highest BCUT2D eigenvalue weighted by Gasteiger charge is 2.38. The summed E-state index contributed by atoms with van der Waals surface area (Å²) in [4.78, 5) is 33.2. The molecular weight excluding hydrogens is 480 g/mol. The molecule has 3 atom stereocenters. The second-order valence-corrected chi connectivity index (χ2v) is 10.7. The Labute approximate surface area is 225 Å². The number of benzene rings is 2. The number of hydrogen-bond donors (Lipinski definition) is 2. The predicted molar refractivity (Wildman–Crippen MR) is 147 cm³/mol. The summed E-state index contributed by atoms with van der Waals surface area (Å²) in [6.45, 7) is 5.91. The van der Waals surface area contributed by atoms with E-state index in [0.717, 1.165) is 42.6 Å². The van der Waals surface area contributed by atoms with Crippen LogP contribution >= 0.6 is 0 Å². The first kappa shape index (κ1) is 26.7. The molecule has 2 amide bonds. The number of β-amino-alcohol motifs (C(OH)–C–C–N with tert-alkyl or cyclic N) is 1. The van der Waals surface area contributed by atoms with Crippen LogP contribution in [-0.2, 0) is 17.7 Å². The molecule has 2 aromatic rings. The number of nitrogens with two attached hydrogens (primary N) is 1. The number of anilines is 1. The summed E-state index contributed by atoms with van der Waals surface area (Å²) in [5.41, 5.74) is 10.1. The zero-order chi connectivity index (χ0) is 26.6. The van der Waals surface area contributed by atoms with Crippen molar-refractivity contribution in [2.24, 2.45) is 5.73 Å². The molecule has 2 saturated heterocycles. The third-order valence-corrected chi connectivity index (χ3v) is 8.36. The number of piperidine rings is 1. The van der Waals surface area contributed by atoms with Crippen LogP contribution < -0.4 is 10.6 Å². The number of nitrogens with zero attached hydrogens (tertiary/aromatic N) is 3. The number of morpholine rings is 1. The van der Waals surface area contributed by atoms with Crippen molar-refractivity contribution in [1.29, 1.82) is 0 Å². The van der Waals surface area contributed by atoms with Gasteiger partial charge in [0.15, 0.2) is 0 Å². The van der Waals surface area contributed by atoms with Crippen LogP contribution in [0.15, 0.2) is 42.5 Å². The van der Waals surface area contributed by atoms with Gasteiger partial charge in [0.25, 0.3) is 11.8 Å². The molecule has 0 saturated carbocycles. The monoisotopic (exact) mass is 520 g/mol. The van der Waals surface area contributed by atoms with Crippen molar-refractivity contribution in [1.82, 2.24) is 9.80 Å². The van der Waals surface area contributed by atoms with Crippen LogP contribution in [0, 0.1) is 0 Å². The summed E-state index contributed by atoms with van der Waals surface area (Å²) in [5.74, 6) is -0.0665. The quantitative estimate of drug-likeness (QED) is 0.555. The van der Waals surface area contributed by atoms with Gasteiger partial charge in [0.2, 0.25) is 0 Å². The Bertz CT molecular complexity index is 1130. The molecule has 3 N–H and O–H groups in total. The predicted octanol–water partition coefficient (Wildman–Crippen LogP) is 2.81. The normalized spacial score (nSPS) is 22.2. The van der Waals surface area contributed by atoms with Crippen molar-refractivity contribution < 1.29 is 19.4 Å². The summed E-state index contributed by atoms with van der Waals surface area (Å²) >= 11 is 0. The number of rotatable bonds is 8. The smallest absolute Gasteiger partial charge is 0.256 e. The number of ether oxygens (including phenoxy) is 1. The molecule has 2 aromatic carbocycles. The third-order valence-electron chi connectivity index (χ3n) is 8.36. The molecular formula is C30H40N4O4. The summed E-state index contributed by atoms with van der Waals surface area (Å²) in [6, 6.07) is 13.8. The largest absolute Gasteiger partial charge is 0.391 e. The number of likely N-dealkylation sites (N-methyl/N-ethyl adjacent to an activating group) is 1. The molecule has 0 aliphatic carbocycles. The topological polar surface area (TPSA) is 99.3 Å². The van der Waals surface area contributed by atoms with Gasteiger partial charge in [-0.2, -0.15) is 0 Å². The van der Waals surface area contributed by atoms with Gasteiger partial charge in [-0.15, -0.1) is 0 Å². The number of aryl methyl sites for hydroxylation is 1.